The van der Waals surface area contributed by atoms with Gasteiger partial charge in [0.25, 0.3) is 5.91 Å². The highest BCUT2D eigenvalue weighted by atomic mass is 79.9. The Bertz CT molecular complexity index is 477. The summed E-state index contributed by atoms with van der Waals surface area (Å²) in [5, 5.41) is 2.64. The van der Waals surface area contributed by atoms with Crippen molar-refractivity contribution in [3.63, 3.8) is 0 Å². The first-order valence-electron chi connectivity index (χ1n) is 5.96. The molecule has 20 heavy (non-hydrogen) atoms. The number of rotatable bonds is 5. The van der Waals surface area contributed by atoms with Gasteiger partial charge in [-0.1, -0.05) is 22.9 Å². The molecule has 0 bridgehead atoms. The van der Waals surface area contributed by atoms with E-state index in [1.807, 2.05) is 6.92 Å². The summed E-state index contributed by atoms with van der Waals surface area (Å²) in [7, 11) is 1.50. The fourth-order valence-electron chi connectivity index (χ4n) is 1.62. The highest BCUT2D eigenvalue weighted by Crippen LogP contribution is 2.35. The van der Waals surface area contributed by atoms with E-state index in [9.17, 15) is 18.0 Å². The lowest BCUT2D eigenvalue weighted by Crippen LogP contribution is -2.37. The van der Waals surface area contributed by atoms with Crippen molar-refractivity contribution in [2.45, 2.75) is 25.6 Å². The maximum Gasteiger partial charge on any atom is 0.417 e. The molecule has 0 aliphatic carbocycles. The molecule has 1 unspecified atom stereocenters. The Morgan fingerprint density at radius 1 is 1.45 bits per heavy atom. The number of amides is 1. The molecule has 1 N–H and O–H groups in total. The summed E-state index contributed by atoms with van der Waals surface area (Å²) < 4.78 is 43.1. The first-order chi connectivity index (χ1) is 9.29. The van der Waals surface area contributed by atoms with Crippen LogP contribution in [0.5, 0.6) is 0 Å². The van der Waals surface area contributed by atoms with E-state index in [0.29, 0.717) is 13.0 Å². The third kappa shape index (κ3) is 4.49. The van der Waals surface area contributed by atoms with Crippen molar-refractivity contribution in [2.75, 3.05) is 13.7 Å². The molecule has 1 atom stereocenters. The smallest absolute Gasteiger partial charge is 0.383 e. The second kappa shape index (κ2) is 7.08. The molecule has 0 heterocycles. The molecule has 0 saturated heterocycles. The SMILES string of the molecule is CCC(COC)NC(=O)c1ccc(Br)c(C(F)(F)F)c1. The largest absolute Gasteiger partial charge is 0.417 e. The highest BCUT2D eigenvalue weighted by molar-refractivity contribution is 9.10. The van der Waals surface area contributed by atoms with E-state index in [1.54, 1.807) is 0 Å². The van der Waals surface area contributed by atoms with Crippen molar-refractivity contribution in [3.05, 3.63) is 33.8 Å². The number of ether oxygens (including phenoxy) is 1. The molecule has 112 valence electrons. The van der Waals surface area contributed by atoms with Gasteiger partial charge in [0.2, 0.25) is 0 Å². The van der Waals surface area contributed by atoms with Crippen LogP contribution in [0.2, 0.25) is 0 Å². The number of carbonyl (C=O) groups excluding carboxylic acids is 1. The Hall–Kier alpha value is -1.08. The van der Waals surface area contributed by atoms with Gasteiger partial charge >= 0.3 is 6.18 Å². The molecule has 0 fully saturated rings. The molecule has 1 amide bonds. The Morgan fingerprint density at radius 2 is 2.10 bits per heavy atom. The summed E-state index contributed by atoms with van der Waals surface area (Å²) in [4.78, 5) is 11.9. The predicted octanol–water partition coefficient (Wildman–Crippen LogP) is 3.62. The van der Waals surface area contributed by atoms with Crippen molar-refractivity contribution >= 4 is 21.8 Å². The molecular formula is C13H15BrF3NO2. The van der Waals surface area contributed by atoms with E-state index in [4.69, 9.17) is 4.74 Å². The molecule has 7 heteroatoms. The fraction of sp³-hybridized carbons (Fsp3) is 0.462. The van der Waals surface area contributed by atoms with E-state index >= 15 is 0 Å². The zero-order valence-electron chi connectivity index (χ0n) is 11.1. The van der Waals surface area contributed by atoms with Crippen LogP contribution in [0.15, 0.2) is 22.7 Å². The van der Waals surface area contributed by atoms with Crippen molar-refractivity contribution in [1.29, 1.82) is 0 Å². The average molecular weight is 354 g/mol. The van der Waals surface area contributed by atoms with Crippen molar-refractivity contribution in [3.8, 4) is 0 Å². The van der Waals surface area contributed by atoms with Gasteiger partial charge in [-0.15, -0.1) is 0 Å². The lowest BCUT2D eigenvalue weighted by atomic mass is 10.1. The van der Waals surface area contributed by atoms with Gasteiger partial charge in [-0.3, -0.25) is 4.79 Å². The molecule has 1 aromatic rings. The predicted molar refractivity (Wildman–Crippen MR) is 72.6 cm³/mol. The zero-order chi connectivity index (χ0) is 15.3. The number of halogens is 4. The van der Waals surface area contributed by atoms with E-state index in [0.717, 1.165) is 6.07 Å². The van der Waals surface area contributed by atoms with E-state index in [1.165, 1.54) is 19.2 Å². The van der Waals surface area contributed by atoms with Gasteiger partial charge in [-0.25, -0.2) is 0 Å². The van der Waals surface area contributed by atoms with Crippen molar-refractivity contribution in [2.24, 2.45) is 0 Å². The van der Waals surface area contributed by atoms with Gasteiger partial charge in [0.1, 0.15) is 0 Å². The van der Waals surface area contributed by atoms with Gasteiger partial charge in [0.05, 0.1) is 18.2 Å². The molecule has 0 saturated carbocycles. The van der Waals surface area contributed by atoms with Crippen LogP contribution in [0.4, 0.5) is 13.2 Å². The van der Waals surface area contributed by atoms with E-state index < -0.39 is 17.6 Å². The minimum atomic E-state index is -4.51. The maximum atomic E-state index is 12.8. The van der Waals surface area contributed by atoms with E-state index in [-0.39, 0.29) is 16.1 Å². The fourth-order valence-corrected chi connectivity index (χ4v) is 2.09. The number of alkyl halides is 3. The Kier molecular flexibility index (Phi) is 6.01. The Labute approximate surface area is 123 Å². The highest BCUT2D eigenvalue weighted by Gasteiger charge is 2.33. The van der Waals surface area contributed by atoms with Crippen LogP contribution in [-0.4, -0.2) is 25.7 Å². The second-order valence-electron chi connectivity index (χ2n) is 4.23. The van der Waals surface area contributed by atoms with E-state index in [2.05, 4.69) is 21.2 Å². The van der Waals surface area contributed by atoms with Gasteiger partial charge in [0.15, 0.2) is 0 Å². The van der Waals surface area contributed by atoms with Crippen LogP contribution in [0.25, 0.3) is 0 Å². The molecule has 1 rings (SSSR count). The van der Waals surface area contributed by atoms with Crippen LogP contribution in [0.3, 0.4) is 0 Å². The van der Waals surface area contributed by atoms with Gasteiger partial charge in [-0.2, -0.15) is 13.2 Å². The lowest BCUT2D eigenvalue weighted by molar-refractivity contribution is -0.138. The van der Waals surface area contributed by atoms with Crippen LogP contribution < -0.4 is 5.32 Å². The second-order valence-corrected chi connectivity index (χ2v) is 5.08. The van der Waals surface area contributed by atoms with Crippen molar-refractivity contribution in [1.82, 2.24) is 5.32 Å². The molecule has 0 aliphatic rings. The molecule has 0 aliphatic heterocycles. The monoisotopic (exact) mass is 353 g/mol. The maximum absolute atomic E-state index is 12.8. The average Bonchev–Trinajstić information content (AvgIpc) is 2.37. The van der Waals surface area contributed by atoms with Crippen LogP contribution in [0.1, 0.15) is 29.3 Å². The normalized spacial score (nSPS) is 13.1. The summed E-state index contributed by atoms with van der Waals surface area (Å²) in [5.41, 5.74) is -0.903. The lowest BCUT2D eigenvalue weighted by Gasteiger charge is -2.17. The summed E-state index contributed by atoms with van der Waals surface area (Å²) in [6.45, 7) is 2.16. The summed E-state index contributed by atoms with van der Waals surface area (Å²) in [6, 6.07) is 3.16. The Balaban J connectivity index is 2.94. The van der Waals surface area contributed by atoms with Gasteiger partial charge in [0, 0.05) is 17.1 Å². The topological polar surface area (TPSA) is 38.3 Å². The molecule has 3 nitrogen and oxygen atoms in total. The standard InChI is InChI=1S/C13H15BrF3NO2/c1-3-9(7-20-2)18-12(19)8-4-5-11(14)10(6-8)13(15,16)17/h4-6,9H,3,7H2,1-2H3,(H,18,19). The number of hydrogen-bond donors (Lipinski definition) is 1. The van der Waals surface area contributed by atoms with Crippen LogP contribution in [0, 0.1) is 0 Å². The third-order valence-electron chi connectivity index (χ3n) is 2.73. The number of methoxy groups -OCH3 is 1. The summed E-state index contributed by atoms with van der Waals surface area (Å²) >= 11 is 2.83. The third-order valence-corrected chi connectivity index (χ3v) is 3.42. The minimum absolute atomic E-state index is 0.0323. The number of benzene rings is 1. The molecule has 1 aromatic carbocycles. The first kappa shape index (κ1) is 17.0. The summed E-state index contributed by atoms with van der Waals surface area (Å²) in [5.74, 6) is -0.549. The molecule has 0 radical (unpaired) electrons. The Morgan fingerprint density at radius 3 is 2.60 bits per heavy atom. The zero-order valence-corrected chi connectivity index (χ0v) is 12.6. The number of nitrogens with one attached hydrogen (secondary N) is 1. The van der Waals surface area contributed by atoms with Crippen LogP contribution >= 0.6 is 15.9 Å². The van der Waals surface area contributed by atoms with Crippen molar-refractivity contribution < 1.29 is 22.7 Å². The molecule has 0 aromatic heterocycles. The first-order valence-corrected chi connectivity index (χ1v) is 6.75. The number of carbonyl (C=O) groups is 1. The number of hydrogen-bond acceptors (Lipinski definition) is 2. The van der Waals surface area contributed by atoms with Gasteiger partial charge in [-0.05, 0) is 24.6 Å². The quantitative estimate of drug-likeness (QED) is 0.877. The van der Waals surface area contributed by atoms with Crippen LogP contribution in [-0.2, 0) is 10.9 Å². The minimum Gasteiger partial charge on any atom is -0.383 e. The summed E-state index contributed by atoms with van der Waals surface area (Å²) in [6.07, 6.45) is -3.88. The molecular weight excluding hydrogens is 339 g/mol. The van der Waals surface area contributed by atoms with Gasteiger partial charge < -0.3 is 10.1 Å². The molecule has 0 spiro atoms.